The van der Waals surface area contributed by atoms with E-state index in [0.29, 0.717) is 15.7 Å². The van der Waals surface area contributed by atoms with E-state index >= 15 is 0 Å². The minimum absolute atomic E-state index is 0.169. The molecule has 1 N–H and O–H groups in total. The first kappa shape index (κ1) is 17.1. The van der Waals surface area contributed by atoms with E-state index in [0.717, 1.165) is 24.1 Å². The van der Waals surface area contributed by atoms with Crippen LogP contribution in [0.15, 0.2) is 36.4 Å². The zero-order valence-electron chi connectivity index (χ0n) is 13.2. The van der Waals surface area contributed by atoms with Gasteiger partial charge >= 0.3 is 0 Å². The van der Waals surface area contributed by atoms with Gasteiger partial charge in [0.05, 0.1) is 22.3 Å². The van der Waals surface area contributed by atoms with Gasteiger partial charge < -0.3 is 10.2 Å². The number of carbonyl (C=O) groups excluding carboxylic acids is 1. The average Bonchev–Trinajstić information content (AvgIpc) is 2.54. The van der Waals surface area contributed by atoms with Crippen LogP contribution in [0.5, 0.6) is 0 Å². The minimum atomic E-state index is -0.251. The molecule has 1 heterocycles. The van der Waals surface area contributed by atoms with Crippen molar-refractivity contribution in [1.29, 1.82) is 0 Å². The number of nitrogens with zero attached hydrogens (tertiary/aromatic N) is 1. The lowest BCUT2D eigenvalue weighted by Gasteiger charge is -2.36. The Labute approximate surface area is 150 Å². The van der Waals surface area contributed by atoms with Crippen LogP contribution in [0.4, 0.5) is 15.8 Å². The zero-order chi connectivity index (χ0) is 17.3. The van der Waals surface area contributed by atoms with Gasteiger partial charge in [0.15, 0.2) is 0 Å². The maximum absolute atomic E-state index is 13.4. The van der Waals surface area contributed by atoms with Crippen molar-refractivity contribution in [1.82, 2.24) is 0 Å². The smallest absolute Gasteiger partial charge is 0.243 e. The van der Waals surface area contributed by atoms with Crippen molar-refractivity contribution >= 4 is 40.5 Å². The number of rotatable bonds is 3. The summed E-state index contributed by atoms with van der Waals surface area (Å²) in [5.41, 5.74) is 2.32. The predicted octanol–water partition coefficient (Wildman–Crippen LogP) is 4.91. The number of fused-ring (bicyclic) bond motifs is 1. The normalized spacial score (nSPS) is 16.7. The molecule has 0 radical (unpaired) electrons. The van der Waals surface area contributed by atoms with Crippen LogP contribution in [-0.2, 0) is 11.2 Å². The van der Waals surface area contributed by atoms with Crippen molar-refractivity contribution in [3.05, 3.63) is 57.8 Å². The number of carbonyl (C=O) groups is 1. The van der Waals surface area contributed by atoms with Gasteiger partial charge in [0.25, 0.3) is 0 Å². The molecule has 2 aromatic rings. The van der Waals surface area contributed by atoms with Gasteiger partial charge in [0.1, 0.15) is 5.82 Å². The molecule has 0 fully saturated rings. The Morgan fingerprint density at radius 3 is 2.92 bits per heavy atom. The summed E-state index contributed by atoms with van der Waals surface area (Å²) in [5, 5.41) is 3.50. The largest absolute Gasteiger partial charge is 0.359 e. The molecular formula is C18H17Cl2FN2O. The Hall–Kier alpha value is -1.78. The predicted molar refractivity (Wildman–Crippen MR) is 96.6 cm³/mol. The molecule has 0 aliphatic carbocycles. The van der Waals surface area contributed by atoms with Crippen molar-refractivity contribution < 1.29 is 9.18 Å². The van der Waals surface area contributed by atoms with Crippen molar-refractivity contribution in [3.8, 4) is 0 Å². The van der Waals surface area contributed by atoms with Crippen LogP contribution in [0.1, 0.15) is 18.9 Å². The molecule has 126 valence electrons. The first-order valence-corrected chi connectivity index (χ1v) is 8.50. The molecule has 1 amide bonds. The fourth-order valence-electron chi connectivity index (χ4n) is 2.98. The second-order valence-corrected chi connectivity index (χ2v) is 6.72. The molecule has 3 nitrogen and oxygen atoms in total. The highest BCUT2D eigenvalue weighted by molar-refractivity contribution is 6.44. The molecule has 24 heavy (non-hydrogen) atoms. The maximum Gasteiger partial charge on any atom is 0.243 e. The van der Waals surface area contributed by atoms with Gasteiger partial charge in [0, 0.05) is 11.7 Å². The highest BCUT2D eigenvalue weighted by Crippen LogP contribution is 2.32. The van der Waals surface area contributed by atoms with Gasteiger partial charge in [0.2, 0.25) is 5.91 Å². The van der Waals surface area contributed by atoms with Gasteiger partial charge in [-0.05, 0) is 55.7 Å². The number of hydrogen-bond acceptors (Lipinski definition) is 2. The van der Waals surface area contributed by atoms with Crippen LogP contribution in [0, 0.1) is 5.82 Å². The van der Waals surface area contributed by atoms with Gasteiger partial charge in [-0.25, -0.2) is 4.39 Å². The van der Waals surface area contributed by atoms with Crippen LogP contribution in [0.2, 0.25) is 10.0 Å². The summed E-state index contributed by atoms with van der Waals surface area (Å²) in [5.74, 6) is -0.443. The number of nitrogens with one attached hydrogen (secondary N) is 1. The number of benzene rings is 2. The molecule has 6 heteroatoms. The molecule has 3 rings (SSSR count). The number of hydrogen-bond donors (Lipinski definition) is 1. The van der Waals surface area contributed by atoms with E-state index in [1.54, 1.807) is 30.3 Å². The first-order chi connectivity index (χ1) is 11.5. The number of aryl methyl sites for hydroxylation is 1. The van der Waals surface area contributed by atoms with E-state index in [1.165, 1.54) is 6.07 Å². The molecular weight excluding hydrogens is 350 g/mol. The quantitative estimate of drug-likeness (QED) is 0.836. The number of halogens is 3. The summed E-state index contributed by atoms with van der Waals surface area (Å²) in [7, 11) is 0. The fourth-order valence-corrected chi connectivity index (χ4v) is 3.33. The second-order valence-electron chi connectivity index (χ2n) is 5.94. The summed E-state index contributed by atoms with van der Waals surface area (Å²) in [6, 6.07) is 10.00. The van der Waals surface area contributed by atoms with Crippen LogP contribution in [0.3, 0.4) is 0 Å². The summed E-state index contributed by atoms with van der Waals surface area (Å²) >= 11 is 12.1. The summed E-state index contributed by atoms with van der Waals surface area (Å²) in [6.45, 7) is 2.23. The van der Waals surface area contributed by atoms with E-state index in [9.17, 15) is 9.18 Å². The SMILES string of the molecule is CC1CCc2cc(F)ccc2N1CC(=O)Nc1cccc(Cl)c1Cl. The monoisotopic (exact) mass is 366 g/mol. The standard InChI is InChI=1S/C18H17Cl2FN2O/c1-11-5-6-12-9-13(21)7-8-16(12)23(11)10-17(24)22-15-4-2-3-14(19)18(15)20/h2-4,7-9,11H,5-6,10H2,1H3,(H,22,24). The van der Waals surface area contributed by atoms with E-state index in [2.05, 4.69) is 12.2 Å². The lowest BCUT2D eigenvalue weighted by Crippen LogP contribution is -2.42. The third-order valence-corrected chi connectivity index (χ3v) is 5.07. The first-order valence-electron chi connectivity index (χ1n) is 7.74. The highest BCUT2D eigenvalue weighted by atomic mass is 35.5. The summed E-state index contributed by atoms with van der Waals surface area (Å²) < 4.78 is 13.4. The maximum atomic E-state index is 13.4. The number of anilines is 2. The van der Waals surface area contributed by atoms with E-state index in [4.69, 9.17) is 23.2 Å². The van der Waals surface area contributed by atoms with Crippen molar-refractivity contribution in [2.45, 2.75) is 25.8 Å². The third-order valence-electron chi connectivity index (χ3n) is 4.25. The van der Waals surface area contributed by atoms with Crippen LogP contribution >= 0.6 is 23.2 Å². The minimum Gasteiger partial charge on any atom is -0.359 e. The Bertz CT molecular complexity index is 782. The Morgan fingerprint density at radius 1 is 1.33 bits per heavy atom. The van der Waals surface area contributed by atoms with E-state index in [1.807, 2.05) is 4.90 Å². The summed E-state index contributed by atoms with van der Waals surface area (Å²) in [4.78, 5) is 14.4. The molecule has 0 spiro atoms. The summed E-state index contributed by atoms with van der Waals surface area (Å²) in [6.07, 6.45) is 1.69. The number of amides is 1. The van der Waals surface area contributed by atoms with Crippen molar-refractivity contribution in [3.63, 3.8) is 0 Å². The molecule has 1 aliphatic heterocycles. The second kappa shape index (κ2) is 6.99. The van der Waals surface area contributed by atoms with Gasteiger partial charge in [-0.2, -0.15) is 0 Å². The highest BCUT2D eigenvalue weighted by Gasteiger charge is 2.25. The molecule has 1 aliphatic rings. The molecule has 0 aromatic heterocycles. The van der Waals surface area contributed by atoms with Crippen LogP contribution < -0.4 is 10.2 Å². The lowest BCUT2D eigenvalue weighted by atomic mass is 9.96. The van der Waals surface area contributed by atoms with Gasteiger partial charge in [-0.1, -0.05) is 29.3 Å². The van der Waals surface area contributed by atoms with Crippen molar-refractivity contribution in [2.24, 2.45) is 0 Å². The Kier molecular flexibility index (Phi) is 4.97. The van der Waals surface area contributed by atoms with Gasteiger partial charge in [-0.3, -0.25) is 4.79 Å². The van der Waals surface area contributed by atoms with Crippen LogP contribution in [-0.4, -0.2) is 18.5 Å². The third kappa shape index (κ3) is 3.50. The topological polar surface area (TPSA) is 32.3 Å². The zero-order valence-corrected chi connectivity index (χ0v) is 14.7. The van der Waals surface area contributed by atoms with Crippen LogP contribution in [0.25, 0.3) is 0 Å². The molecule has 0 bridgehead atoms. The van der Waals surface area contributed by atoms with Gasteiger partial charge in [-0.15, -0.1) is 0 Å². The molecule has 0 saturated carbocycles. The Balaban J connectivity index is 1.78. The molecule has 0 saturated heterocycles. The van der Waals surface area contributed by atoms with E-state index < -0.39 is 0 Å². The lowest BCUT2D eigenvalue weighted by molar-refractivity contribution is -0.115. The molecule has 2 aromatic carbocycles. The average molecular weight is 367 g/mol. The molecule has 1 atom stereocenters. The molecule has 1 unspecified atom stereocenters. The Morgan fingerprint density at radius 2 is 2.12 bits per heavy atom. The van der Waals surface area contributed by atoms with E-state index in [-0.39, 0.29) is 24.3 Å². The van der Waals surface area contributed by atoms with Crippen molar-refractivity contribution in [2.75, 3.05) is 16.8 Å². The fraction of sp³-hybridized carbons (Fsp3) is 0.278.